The Labute approximate surface area is 107 Å². The first-order chi connectivity index (χ1) is 8.54. The Kier molecular flexibility index (Phi) is 5.42. The summed E-state index contributed by atoms with van der Waals surface area (Å²) in [4.78, 5) is 25.2. The molecule has 1 heterocycles. The van der Waals surface area contributed by atoms with E-state index in [0.29, 0.717) is 25.1 Å². The third kappa shape index (κ3) is 4.24. The first-order valence-corrected chi connectivity index (χ1v) is 6.15. The van der Waals surface area contributed by atoms with Crippen LogP contribution in [0.4, 0.5) is 0 Å². The lowest BCUT2D eigenvalue weighted by atomic mass is 10.2. The number of hydrogen-bond acceptors (Lipinski definition) is 3. The van der Waals surface area contributed by atoms with E-state index in [-0.39, 0.29) is 17.9 Å². The molecule has 1 aromatic rings. The van der Waals surface area contributed by atoms with Gasteiger partial charge in [0, 0.05) is 25.6 Å². The molecule has 5 heteroatoms. The summed E-state index contributed by atoms with van der Waals surface area (Å²) in [7, 11) is 0. The Morgan fingerprint density at radius 1 is 1.44 bits per heavy atom. The number of amides is 2. The summed E-state index contributed by atoms with van der Waals surface area (Å²) < 4.78 is 4.88. The normalized spacial score (nSPS) is 10.4. The molecule has 0 aliphatic rings. The van der Waals surface area contributed by atoms with Gasteiger partial charge in [-0.1, -0.05) is 0 Å². The lowest BCUT2D eigenvalue weighted by molar-refractivity contribution is -0.121. The van der Waals surface area contributed by atoms with E-state index in [0.717, 1.165) is 0 Å². The molecule has 0 spiro atoms. The Balaban J connectivity index is 2.47. The van der Waals surface area contributed by atoms with Crippen molar-refractivity contribution in [3.05, 3.63) is 24.2 Å². The van der Waals surface area contributed by atoms with Crippen LogP contribution in [0.3, 0.4) is 0 Å². The molecule has 0 unspecified atom stereocenters. The van der Waals surface area contributed by atoms with Crippen molar-refractivity contribution in [3.8, 4) is 0 Å². The number of hydrogen-bond donors (Lipinski definition) is 1. The van der Waals surface area contributed by atoms with Crippen molar-refractivity contribution in [2.75, 3.05) is 13.1 Å². The fraction of sp³-hybridized carbons (Fsp3) is 0.538. The highest BCUT2D eigenvalue weighted by Gasteiger charge is 2.16. The van der Waals surface area contributed by atoms with E-state index in [1.165, 1.54) is 12.5 Å². The van der Waals surface area contributed by atoms with Crippen molar-refractivity contribution in [2.45, 2.75) is 33.2 Å². The van der Waals surface area contributed by atoms with Crippen LogP contribution in [-0.4, -0.2) is 35.8 Å². The minimum Gasteiger partial charge on any atom is -0.472 e. The molecule has 0 fully saturated rings. The van der Waals surface area contributed by atoms with E-state index in [2.05, 4.69) is 5.32 Å². The maximum Gasteiger partial charge on any atom is 0.257 e. The number of rotatable bonds is 6. The maximum atomic E-state index is 12.0. The quantitative estimate of drug-likeness (QED) is 0.837. The molecule has 0 saturated heterocycles. The average Bonchev–Trinajstić information content (AvgIpc) is 2.81. The summed E-state index contributed by atoms with van der Waals surface area (Å²) in [5.74, 6) is -0.146. The van der Waals surface area contributed by atoms with Crippen molar-refractivity contribution in [3.63, 3.8) is 0 Å². The molecule has 0 radical (unpaired) electrons. The van der Waals surface area contributed by atoms with Gasteiger partial charge in [0.1, 0.15) is 6.26 Å². The molecule has 100 valence electrons. The van der Waals surface area contributed by atoms with E-state index < -0.39 is 0 Å². The molecule has 2 amide bonds. The Hall–Kier alpha value is -1.78. The number of nitrogens with one attached hydrogen (secondary N) is 1. The monoisotopic (exact) mass is 252 g/mol. The van der Waals surface area contributed by atoms with Crippen molar-refractivity contribution in [2.24, 2.45) is 0 Å². The molecule has 1 N–H and O–H groups in total. The van der Waals surface area contributed by atoms with E-state index in [1.807, 2.05) is 20.8 Å². The summed E-state index contributed by atoms with van der Waals surface area (Å²) in [5.41, 5.74) is 0.515. The van der Waals surface area contributed by atoms with Crippen LogP contribution in [0.25, 0.3) is 0 Å². The molecule has 0 aliphatic carbocycles. The van der Waals surface area contributed by atoms with Crippen molar-refractivity contribution in [1.29, 1.82) is 0 Å². The highest BCUT2D eigenvalue weighted by atomic mass is 16.3. The summed E-state index contributed by atoms with van der Waals surface area (Å²) in [6, 6.07) is 1.75. The van der Waals surface area contributed by atoms with Crippen LogP contribution in [0.5, 0.6) is 0 Å². The molecule has 0 atom stereocenters. The molecule has 0 bridgehead atoms. The van der Waals surface area contributed by atoms with Crippen LogP contribution in [0.2, 0.25) is 0 Å². The number of furan rings is 1. The van der Waals surface area contributed by atoms with Gasteiger partial charge >= 0.3 is 0 Å². The van der Waals surface area contributed by atoms with Gasteiger partial charge in [-0.15, -0.1) is 0 Å². The second-order valence-corrected chi connectivity index (χ2v) is 4.37. The van der Waals surface area contributed by atoms with Gasteiger partial charge in [-0.3, -0.25) is 9.59 Å². The second kappa shape index (κ2) is 6.83. The third-order valence-electron chi connectivity index (χ3n) is 2.50. The first kappa shape index (κ1) is 14.3. The van der Waals surface area contributed by atoms with Crippen LogP contribution >= 0.6 is 0 Å². The highest BCUT2D eigenvalue weighted by molar-refractivity contribution is 5.94. The Bertz CT molecular complexity index is 385. The largest absolute Gasteiger partial charge is 0.472 e. The topological polar surface area (TPSA) is 62.6 Å². The van der Waals surface area contributed by atoms with Crippen LogP contribution < -0.4 is 5.32 Å². The van der Waals surface area contributed by atoms with Crippen LogP contribution in [0.1, 0.15) is 37.6 Å². The number of nitrogens with zero attached hydrogens (tertiary/aromatic N) is 1. The molecule has 0 saturated carbocycles. The molecule has 18 heavy (non-hydrogen) atoms. The molecular weight excluding hydrogens is 232 g/mol. The Morgan fingerprint density at radius 2 is 2.17 bits per heavy atom. The van der Waals surface area contributed by atoms with E-state index in [4.69, 9.17) is 4.42 Å². The van der Waals surface area contributed by atoms with Crippen LogP contribution in [-0.2, 0) is 4.79 Å². The van der Waals surface area contributed by atoms with Crippen LogP contribution in [0.15, 0.2) is 23.0 Å². The molecule has 5 nitrogen and oxygen atoms in total. The van der Waals surface area contributed by atoms with Crippen LogP contribution in [0, 0.1) is 0 Å². The zero-order valence-electron chi connectivity index (χ0n) is 11.1. The fourth-order valence-electron chi connectivity index (χ4n) is 1.60. The van der Waals surface area contributed by atoms with Crippen molar-refractivity contribution in [1.82, 2.24) is 10.2 Å². The average molecular weight is 252 g/mol. The Morgan fingerprint density at radius 3 is 2.67 bits per heavy atom. The maximum absolute atomic E-state index is 12.0. The SMILES string of the molecule is CCN(CCC(=O)NC(C)C)C(=O)c1ccoc1. The fourth-order valence-corrected chi connectivity index (χ4v) is 1.60. The molecule has 1 aromatic heterocycles. The predicted octanol–water partition coefficient (Wildman–Crippen LogP) is 1.66. The molecule has 0 aromatic carbocycles. The van der Waals surface area contributed by atoms with Gasteiger partial charge in [0.2, 0.25) is 5.91 Å². The van der Waals surface area contributed by atoms with E-state index >= 15 is 0 Å². The van der Waals surface area contributed by atoms with Gasteiger partial charge in [0.15, 0.2) is 0 Å². The summed E-state index contributed by atoms with van der Waals surface area (Å²) in [5, 5.41) is 2.80. The van der Waals surface area contributed by atoms with Gasteiger partial charge in [-0.2, -0.15) is 0 Å². The smallest absolute Gasteiger partial charge is 0.257 e. The standard InChI is InChI=1S/C13H20N2O3/c1-4-15(7-5-12(16)14-10(2)3)13(17)11-6-8-18-9-11/h6,8-10H,4-5,7H2,1-3H3,(H,14,16). The number of carbonyl (C=O) groups excluding carboxylic acids is 2. The highest BCUT2D eigenvalue weighted by Crippen LogP contribution is 2.06. The van der Waals surface area contributed by atoms with Gasteiger partial charge in [0.05, 0.1) is 11.8 Å². The van der Waals surface area contributed by atoms with Gasteiger partial charge in [-0.25, -0.2) is 0 Å². The summed E-state index contributed by atoms with van der Waals surface area (Å²) >= 11 is 0. The molecule has 1 rings (SSSR count). The minimum absolute atomic E-state index is 0.0385. The van der Waals surface area contributed by atoms with Gasteiger partial charge in [-0.05, 0) is 26.8 Å². The zero-order valence-corrected chi connectivity index (χ0v) is 11.1. The van der Waals surface area contributed by atoms with E-state index in [1.54, 1.807) is 11.0 Å². The van der Waals surface area contributed by atoms with E-state index in [9.17, 15) is 9.59 Å². The molecule has 0 aliphatic heterocycles. The molecular formula is C13H20N2O3. The summed E-state index contributed by atoms with van der Waals surface area (Å²) in [6.07, 6.45) is 3.20. The van der Waals surface area contributed by atoms with Crippen molar-refractivity contribution < 1.29 is 14.0 Å². The minimum atomic E-state index is -0.108. The lowest BCUT2D eigenvalue weighted by Crippen LogP contribution is -2.36. The first-order valence-electron chi connectivity index (χ1n) is 6.15. The summed E-state index contributed by atoms with van der Waals surface area (Å²) in [6.45, 7) is 6.69. The zero-order chi connectivity index (χ0) is 13.5. The second-order valence-electron chi connectivity index (χ2n) is 4.37. The third-order valence-corrected chi connectivity index (χ3v) is 2.50. The predicted molar refractivity (Wildman–Crippen MR) is 68.2 cm³/mol. The number of carbonyl (C=O) groups is 2. The lowest BCUT2D eigenvalue weighted by Gasteiger charge is -2.20. The van der Waals surface area contributed by atoms with Crippen molar-refractivity contribution >= 4 is 11.8 Å². The van der Waals surface area contributed by atoms with Gasteiger partial charge in [0.25, 0.3) is 5.91 Å². The van der Waals surface area contributed by atoms with Gasteiger partial charge < -0.3 is 14.6 Å².